The van der Waals surface area contributed by atoms with Crippen molar-refractivity contribution >= 4 is 6.08 Å². The number of alkyl halides is 3. The number of benzene rings is 1. The quantitative estimate of drug-likeness (QED) is 0.781. The van der Waals surface area contributed by atoms with Gasteiger partial charge in [-0.2, -0.15) is 13.2 Å². The zero-order valence-electron chi connectivity index (χ0n) is 7.30. The van der Waals surface area contributed by atoms with Gasteiger partial charge in [0, 0.05) is 0 Å². The summed E-state index contributed by atoms with van der Waals surface area (Å²) in [6.45, 7) is 2.81. The zero-order chi connectivity index (χ0) is 10.8. The summed E-state index contributed by atoms with van der Waals surface area (Å²) < 4.78 is 37.0. The average Bonchev–Trinajstić information content (AvgIpc) is 2.15. The molecular formula is C10H9F3O. The Kier molecular flexibility index (Phi) is 2.96. The van der Waals surface area contributed by atoms with E-state index in [1.54, 1.807) is 0 Å². The van der Waals surface area contributed by atoms with Crippen molar-refractivity contribution < 1.29 is 18.3 Å². The summed E-state index contributed by atoms with van der Waals surface area (Å²) in [5, 5.41) is 8.77. The van der Waals surface area contributed by atoms with Gasteiger partial charge in [-0.3, -0.25) is 0 Å². The van der Waals surface area contributed by atoms with Crippen LogP contribution in [-0.4, -0.2) is 5.11 Å². The Bertz CT molecular complexity index is 342. The molecule has 0 amide bonds. The molecule has 0 saturated heterocycles. The van der Waals surface area contributed by atoms with E-state index < -0.39 is 18.3 Å². The van der Waals surface area contributed by atoms with Gasteiger partial charge in [-0.1, -0.05) is 18.7 Å². The third-order valence-corrected chi connectivity index (χ3v) is 1.84. The Labute approximate surface area is 79.5 Å². The number of aliphatic hydroxyl groups excluding tert-OH is 1. The first-order valence-electron chi connectivity index (χ1n) is 3.92. The van der Waals surface area contributed by atoms with E-state index in [4.69, 9.17) is 5.11 Å². The van der Waals surface area contributed by atoms with E-state index >= 15 is 0 Å². The van der Waals surface area contributed by atoms with E-state index in [9.17, 15) is 13.2 Å². The fourth-order valence-corrected chi connectivity index (χ4v) is 1.15. The lowest BCUT2D eigenvalue weighted by molar-refractivity contribution is -0.138. The number of hydrogen-bond acceptors (Lipinski definition) is 1. The SMILES string of the molecule is C=Cc1ccc(C(F)(F)F)c(CO)c1. The van der Waals surface area contributed by atoms with Crippen molar-refractivity contribution in [3.05, 3.63) is 41.5 Å². The van der Waals surface area contributed by atoms with Crippen molar-refractivity contribution in [3.63, 3.8) is 0 Å². The van der Waals surface area contributed by atoms with Crippen molar-refractivity contribution in [2.45, 2.75) is 12.8 Å². The van der Waals surface area contributed by atoms with Gasteiger partial charge in [0.15, 0.2) is 0 Å². The molecular weight excluding hydrogens is 193 g/mol. The minimum absolute atomic E-state index is 0.130. The van der Waals surface area contributed by atoms with Crippen LogP contribution in [0.5, 0.6) is 0 Å². The molecule has 0 unspecified atom stereocenters. The summed E-state index contributed by atoms with van der Waals surface area (Å²) in [5.74, 6) is 0. The maximum absolute atomic E-state index is 12.3. The first-order valence-corrected chi connectivity index (χ1v) is 3.92. The number of halogens is 3. The van der Waals surface area contributed by atoms with Crippen molar-refractivity contribution in [1.29, 1.82) is 0 Å². The number of aliphatic hydroxyl groups is 1. The lowest BCUT2D eigenvalue weighted by Crippen LogP contribution is -2.09. The van der Waals surface area contributed by atoms with Crippen LogP contribution in [0, 0.1) is 0 Å². The summed E-state index contributed by atoms with van der Waals surface area (Å²) in [5.41, 5.74) is -0.373. The highest BCUT2D eigenvalue weighted by Crippen LogP contribution is 2.32. The summed E-state index contributed by atoms with van der Waals surface area (Å²) >= 11 is 0. The summed E-state index contributed by atoms with van der Waals surface area (Å²) in [7, 11) is 0. The maximum Gasteiger partial charge on any atom is 0.416 e. The molecule has 76 valence electrons. The van der Waals surface area contributed by atoms with Gasteiger partial charge in [0.2, 0.25) is 0 Å². The molecule has 1 nitrogen and oxygen atoms in total. The van der Waals surface area contributed by atoms with Crippen molar-refractivity contribution in [1.82, 2.24) is 0 Å². The van der Waals surface area contributed by atoms with Crippen LogP contribution in [0.4, 0.5) is 13.2 Å². The van der Waals surface area contributed by atoms with Crippen LogP contribution in [0.1, 0.15) is 16.7 Å². The van der Waals surface area contributed by atoms with Crippen molar-refractivity contribution in [2.24, 2.45) is 0 Å². The summed E-state index contributed by atoms with van der Waals surface area (Å²) in [6.07, 6.45) is -2.99. The molecule has 0 aliphatic rings. The first kappa shape index (κ1) is 10.8. The molecule has 0 radical (unpaired) electrons. The molecule has 0 spiro atoms. The topological polar surface area (TPSA) is 20.2 Å². The van der Waals surface area contributed by atoms with Gasteiger partial charge in [0.1, 0.15) is 0 Å². The second-order valence-electron chi connectivity index (χ2n) is 2.78. The first-order chi connectivity index (χ1) is 6.49. The molecule has 0 aromatic heterocycles. The third kappa shape index (κ3) is 2.14. The van der Waals surface area contributed by atoms with Crippen molar-refractivity contribution in [2.75, 3.05) is 0 Å². The molecule has 0 heterocycles. The van der Waals surface area contributed by atoms with Gasteiger partial charge in [-0.05, 0) is 23.3 Å². The van der Waals surface area contributed by atoms with Crippen LogP contribution < -0.4 is 0 Å². The zero-order valence-corrected chi connectivity index (χ0v) is 7.30. The van der Waals surface area contributed by atoms with Crippen molar-refractivity contribution in [3.8, 4) is 0 Å². The molecule has 0 saturated carbocycles. The van der Waals surface area contributed by atoms with Gasteiger partial charge in [-0.15, -0.1) is 0 Å². The molecule has 1 aromatic rings. The fraction of sp³-hybridized carbons (Fsp3) is 0.200. The monoisotopic (exact) mass is 202 g/mol. The van der Waals surface area contributed by atoms with E-state index in [1.165, 1.54) is 18.2 Å². The molecule has 1 aromatic carbocycles. The van der Waals surface area contributed by atoms with Gasteiger partial charge in [-0.25, -0.2) is 0 Å². The standard InChI is InChI=1S/C10H9F3O/c1-2-7-3-4-9(10(11,12)13)8(5-7)6-14/h2-5,14H,1,6H2. The summed E-state index contributed by atoms with van der Waals surface area (Å²) in [4.78, 5) is 0. The van der Waals surface area contributed by atoms with E-state index in [2.05, 4.69) is 6.58 Å². The second-order valence-corrected chi connectivity index (χ2v) is 2.78. The maximum atomic E-state index is 12.3. The van der Waals surface area contributed by atoms with Crippen LogP contribution >= 0.6 is 0 Å². The Balaban J connectivity index is 3.25. The Morgan fingerprint density at radius 1 is 1.36 bits per heavy atom. The van der Waals surface area contributed by atoms with Gasteiger partial charge < -0.3 is 5.11 Å². The van der Waals surface area contributed by atoms with Gasteiger partial charge in [0.25, 0.3) is 0 Å². The second kappa shape index (κ2) is 3.84. The highest BCUT2D eigenvalue weighted by molar-refractivity contribution is 5.50. The molecule has 14 heavy (non-hydrogen) atoms. The normalized spacial score (nSPS) is 11.4. The van der Waals surface area contributed by atoms with E-state index in [-0.39, 0.29) is 5.56 Å². The highest BCUT2D eigenvalue weighted by atomic mass is 19.4. The van der Waals surface area contributed by atoms with Crippen LogP contribution in [0.3, 0.4) is 0 Å². The smallest absolute Gasteiger partial charge is 0.392 e. The van der Waals surface area contributed by atoms with E-state index in [1.807, 2.05) is 0 Å². The highest BCUT2D eigenvalue weighted by Gasteiger charge is 2.32. The molecule has 1 N–H and O–H groups in total. The molecule has 1 rings (SSSR count). The Morgan fingerprint density at radius 2 is 2.00 bits per heavy atom. The van der Waals surface area contributed by atoms with Crippen LogP contribution in [0.15, 0.2) is 24.8 Å². The molecule has 0 aliphatic heterocycles. The number of hydrogen-bond donors (Lipinski definition) is 1. The largest absolute Gasteiger partial charge is 0.416 e. The molecule has 0 atom stereocenters. The predicted molar refractivity (Wildman–Crippen MR) is 47.5 cm³/mol. The lowest BCUT2D eigenvalue weighted by atomic mass is 10.0. The van der Waals surface area contributed by atoms with E-state index in [0.29, 0.717) is 5.56 Å². The number of rotatable bonds is 2. The molecule has 0 fully saturated rings. The third-order valence-electron chi connectivity index (χ3n) is 1.84. The van der Waals surface area contributed by atoms with Crippen LogP contribution in [0.2, 0.25) is 0 Å². The molecule has 0 bridgehead atoms. The molecule has 0 aliphatic carbocycles. The van der Waals surface area contributed by atoms with E-state index in [0.717, 1.165) is 6.07 Å². The Morgan fingerprint density at radius 3 is 2.43 bits per heavy atom. The predicted octanol–water partition coefficient (Wildman–Crippen LogP) is 2.84. The van der Waals surface area contributed by atoms with Crippen LogP contribution in [0.25, 0.3) is 6.08 Å². The average molecular weight is 202 g/mol. The Hall–Kier alpha value is -1.29. The van der Waals surface area contributed by atoms with Crippen LogP contribution in [-0.2, 0) is 12.8 Å². The van der Waals surface area contributed by atoms with Gasteiger partial charge >= 0.3 is 6.18 Å². The summed E-state index contributed by atoms with van der Waals surface area (Å²) in [6, 6.07) is 3.54. The molecule has 4 heteroatoms. The fourth-order valence-electron chi connectivity index (χ4n) is 1.15. The van der Waals surface area contributed by atoms with Gasteiger partial charge in [0.05, 0.1) is 12.2 Å². The lowest BCUT2D eigenvalue weighted by Gasteiger charge is -2.11. The minimum Gasteiger partial charge on any atom is -0.392 e. The minimum atomic E-state index is -4.42.